The molecule has 0 aromatic carbocycles. The number of hydrogen-bond donors (Lipinski definition) is 0. The molecule has 0 rings (SSSR count). The maximum absolute atomic E-state index is 2.54. The number of halogens is 2. The Hall–Kier alpha value is 2.45. The van der Waals surface area contributed by atoms with Crippen LogP contribution in [-0.2, 0) is 0 Å². The molecule has 0 fully saturated rings. The third-order valence-corrected chi connectivity index (χ3v) is 18.6. The van der Waals surface area contributed by atoms with Crippen LogP contribution in [0.5, 0.6) is 0 Å². The van der Waals surface area contributed by atoms with Crippen molar-refractivity contribution in [3.05, 3.63) is 0 Å². The van der Waals surface area contributed by atoms with Crippen molar-refractivity contribution in [3.8, 4) is 0 Å². The van der Waals surface area contributed by atoms with Gasteiger partial charge >= 0.3 is 63.2 Å². The molecule has 0 spiro atoms. The average molecular weight is 371 g/mol. The van der Waals surface area contributed by atoms with Crippen molar-refractivity contribution >= 4 is 56.9 Å². The first-order chi connectivity index (χ1) is 2.27. The van der Waals surface area contributed by atoms with Crippen LogP contribution < -0.4 is 0 Å². The predicted octanol–water partition coefficient (Wildman–Crippen LogP) is 2.20. The van der Waals surface area contributed by atoms with E-state index in [-0.39, 0.29) is 0 Å². The van der Waals surface area contributed by atoms with E-state index >= 15 is 0 Å². The minimum atomic E-state index is -0.655. The zero-order valence-electron chi connectivity index (χ0n) is 2.74. The molecule has 0 aliphatic heterocycles. The molecule has 0 nitrogen and oxygen atoms in total. The minimum absolute atomic E-state index is 0.655. The fraction of sp³-hybridized carbons (Fsp3) is 1.00. The molecule has 0 saturated carbocycles. The third-order valence-electron chi connectivity index (χ3n) is 0.178. The van der Waals surface area contributed by atoms with E-state index in [2.05, 4.69) is 45.6 Å². The van der Waals surface area contributed by atoms with Gasteiger partial charge in [-0.05, 0) is 0 Å². The summed E-state index contributed by atoms with van der Waals surface area (Å²) in [6.45, 7) is 0. The SMILES string of the molecule is C[S][Ga]([I])[I]. The van der Waals surface area contributed by atoms with Crippen molar-refractivity contribution in [3.63, 3.8) is 0 Å². The van der Waals surface area contributed by atoms with E-state index in [9.17, 15) is 0 Å². The molecule has 0 aliphatic carbocycles. The van der Waals surface area contributed by atoms with Crippen LogP contribution in [-0.4, -0.2) is 14.1 Å². The zero-order chi connectivity index (χ0) is 4.28. The van der Waals surface area contributed by atoms with Crippen LogP contribution >= 0.6 is 49.0 Å². The van der Waals surface area contributed by atoms with Crippen molar-refractivity contribution < 1.29 is 0 Å². The van der Waals surface area contributed by atoms with E-state index in [1.165, 1.54) is 0 Å². The maximum atomic E-state index is 2.54. The Balaban J connectivity index is 2.54. The van der Waals surface area contributed by atoms with Crippen LogP contribution in [0, 0.1) is 0 Å². The third kappa shape index (κ3) is 6.45. The molecule has 4 heteroatoms. The molecule has 0 aromatic rings. The summed E-state index contributed by atoms with van der Waals surface area (Å²) in [5, 5.41) is 0. The summed E-state index contributed by atoms with van der Waals surface area (Å²) in [5.41, 5.74) is 0. The van der Waals surface area contributed by atoms with E-state index in [0.717, 1.165) is 0 Å². The molecular weight excluding hydrogens is 368 g/mol. The second kappa shape index (κ2) is 4.60. The summed E-state index contributed by atoms with van der Waals surface area (Å²) in [6, 6.07) is 0. The van der Waals surface area contributed by atoms with Crippen LogP contribution in [0.2, 0.25) is 0 Å². The second-order valence-corrected chi connectivity index (χ2v) is 41.6. The van der Waals surface area contributed by atoms with Gasteiger partial charge in [-0.3, -0.25) is 0 Å². The van der Waals surface area contributed by atoms with Crippen LogP contribution in [0.4, 0.5) is 0 Å². The van der Waals surface area contributed by atoms with Crippen LogP contribution in [0.1, 0.15) is 0 Å². The standard InChI is InChI=1S/CH4S.Ga.2HI/c1-2;;;/h2H,1H3;;2*1H/q;+3;;/p-3. The molecule has 0 atom stereocenters. The van der Waals surface area contributed by atoms with Crippen LogP contribution in [0.25, 0.3) is 0 Å². The summed E-state index contributed by atoms with van der Waals surface area (Å²) in [7, 11) is 1.39. The molecule has 5 heavy (non-hydrogen) atoms. The van der Waals surface area contributed by atoms with E-state index in [1.807, 2.05) is 9.70 Å². The van der Waals surface area contributed by atoms with Gasteiger partial charge < -0.3 is 0 Å². The normalized spacial score (nSPS) is 7.80. The van der Waals surface area contributed by atoms with Gasteiger partial charge in [0.25, 0.3) is 0 Å². The van der Waals surface area contributed by atoms with Crippen molar-refractivity contribution in [1.29, 1.82) is 0 Å². The molecule has 0 aliphatic rings. The topological polar surface area (TPSA) is 0 Å². The zero-order valence-corrected chi connectivity index (χ0v) is 10.3. The predicted molar refractivity (Wildman–Crippen MR) is 47.3 cm³/mol. The molecule has 0 radical (unpaired) electrons. The van der Waals surface area contributed by atoms with Crippen molar-refractivity contribution in [2.45, 2.75) is 0 Å². The Morgan fingerprint density at radius 3 is 1.80 bits per heavy atom. The molecule has 0 amide bonds. The number of hydrogen-bond acceptors (Lipinski definition) is 1. The van der Waals surface area contributed by atoms with Crippen LogP contribution in [0.15, 0.2) is 0 Å². The van der Waals surface area contributed by atoms with Gasteiger partial charge in [-0.15, -0.1) is 0 Å². The van der Waals surface area contributed by atoms with Gasteiger partial charge in [-0.1, -0.05) is 0 Å². The van der Waals surface area contributed by atoms with Crippen molar-refractivity contribution in [2.75, 3.05) is 6.26 Å². The van der Waals surface area contributed by atoms with Gasteiger partial charge in [-0.2, -0.15) is 0 Å². The second-order valence-electron chi connectivity index (χ2n) is 0.496. The van der Waals surface area contributed by atoms with Gasteiger partial charge in [0, 0.05) is 0 Å². The van der Waals surface area contributed by atoms with E-state index in [0.29, 0.717) is 0 Å². The van der Waals surface area contributed by atoms with E-state index in [4.69, 9.17) is 0 Å². The molecule has 0 bridgehead atoms. The van der Waals surface area contributed by atoms with Gasteiger partial charge in [0.15, 0.2) is 0 Å². The van der Waals surface area contributed by atoms with E-state index in [1.54, 1.807) is 0 Å². The Labute approximate surface area is 61.9 Å². The van der Waals surface area contributed by atoms with Gasteiger partial charge in [0.05, 0.1) is 0 Å². The molecule has 0 N–H and O–H groups in total. The fourth-order valence-corrected chi connectivity index (χ4v) is 0. The van der Waals surface area contributed by atoms with Crippen LogP contribution in [0.3, 0.4) is 0 Å². The first-order valence-electron chi connectivity index (χ1n) is 1.08. The first kappa shape index (κ1) is 7.45. The summed E-state index contributed by atoms with van der Waals surface area (Å²) < 4.78 is 0. The average Bonchev–Trinajstić information content (AvgIpc) is 1.38. The summed E-state index contributed by atoms with van der Waals surface area (Å²) in [6.07, 6.45) is 2.18. The molecular formula is CH3GaI2S. The first-order valence-corrected chi connectivity index (χ1v) is 20.1. The fourth-order valence-electron chi connectivity index (χ4n) is 0. The Morgan fingerprint density at radius 1 is 1.60 bits per heavy atom. The van der Waals surface area contributed by atoms with Gasteiger partial charge in [-0.25, -0.2) is 0 Å². The summed E-state index contributed by atoms with van der Waals surface area (Å²) in [4.78, 5) is 0. The van der Waals surface area contributed by atoms with Crippen molar-refractivity contribution in [1.82, 2.24) is 0 Å². The molecule has 0 aromatic heterocycles. The monoisotopic (exact) mass is 370 g/mol. The van der Waals surface area contributed by atoms with Gasteiger partial charge in [0.1, 0.15) is 0 Å². The van der Waals surface area contributed by atoms with Crippen molar-refractivity contribution in [2.24, 2.45) is 0 Å². The Kier molecular flexibility index (Phi) is 6.85. The number of rotatable bonds is 1. The van der Waals surface area contributed by atoms with Gasteiger partial charge in [0.2, 0.25) is 0 Å². The summed E-state index contributed by atoms with van der Waals surface area (Å²) in [5.74, 6) is 0. The molecule has 0 saturated heterocycles. The molecule has 0 heterocycles. The molecule has 0 unspecified atom stereocenters. The summed E-state index contributed by atoms with van der Waals surface area (Å²) >= 11 is 5.09. The Bertz CT molecular complexity index is 23.6. The Morgan fingerprint density at radius 2 is 1.80 bits per heavy atom. The molecule has 30 valence electrons. The quantitative estimate of drug-likeness (QED) is 0.504. The van der Waals surface area contributed by atoms with E-state index < -0.39 is 7.89 Å².